The number of hydrogen-bond acceptors (Lipinski definition) is 0. The van der Waals surface area contributed by atoms with Crippen LogP contribution in [0.5, 0.6) is 0 Å². The van der Waals surface area contributed by atoms with Gasteiger partial charge in [-0.05, 0) is 0 Å². The molecule has 0 aliphatic heterocycles. The van der Waals surface area contributed by atoms with Gasteiger partial charge in [-0.15, -0.1) is 13.8 Å². The van der Waals surface area contributed by atoms with E-state index in [2.05, 4.69) is 21.1 Å². The van der Waals surface area contributed by atoms with Crippen LogP contribution in [0.4, 0.5) is 0 Å². The van der Waals surface area contributed by atoms with Crippen LogP contribution >= 0.6 is 0 Å². The minimum atomic E-state index is 0. The van der Waals surface area contributed by atoms with E-state index in [0.29, 0.717) is 0 Å². The van der Waals surface area contributed by atoms with Crippen molar-refractivity contribution in [3.05, 3.63) is 0 Å². The molecule has 0 bridgehead atoms. The summed E-state index contributed by atoms with van der Waals surface area (Å²) in [4.78, 5) is 0. The first-order chi connectivity index (χ1) is 2.41. The van der Waals surface area contributed by atoms with Crippen molar-refractivity contribution < 1.29 is 18.9 Å². The third-order valence-corrected chi connectivity index (χ3v) is 0.577. The zero-order chi connectivity index (χ0) is 4.12. The van der Waals surface area contributed by atoms with Crippen molar-refractivity contribution in [1.29, 1.82) is 0 Å². The molecule has 0 aromatic heterocycles. The van der Waals surface area contributed by atoms with Crippen LogP contribution in [0.1, 0.15) is 13.8 Å². The van der Waals surface area contributed by atoms with Crippen LogP contribution in [-0.2, 0) is 0 Å². The molecule has 0 heterocycles. The van der Waals surface area contributed by atoms with E-state index in [-0.39, 0.29) is 18.9 Å². The van der Waals surface area contributed by atoms with Gasteiger partial charge in [-0.25, -0.2) is 12.6 Å². The Kier molecular flexibility index (Phi) is 15.0. The van der Waals surface area contributed by atoms with Crippen molar-refractivity contribution >= 4 is 7.28 Å². The Hall–Kier alpha value is 0.662. The summed E-state index contributed by atoms with van der Waals surface area (Å²) in [5.74, 6) is 0. The molecule has 0 aromatic rings. The third kappa shape index (κ3) is 8.82. The fourth-order valence-corrected chi connectivity index (χ4v) is 0.289. The van der Waals surface area contributed by atoms with Crippen molar-refractivity contribution in [1.82, 2.24) is 0 Å². The summed E-state index contributed by atoms with van der Waals surface area (Å²) >= 11 is 0. The van der Waals surface area contributed by atoms with E-state index in [1.54, 1.807) is 0 Å². The predicted molar refractivity (Wildman–Crippen MR) is 26.7 cm³/mol. The van der Waals surface area contributed by atoms with Gasteiger partial charge in [0.2, 0.25) is 0 Å². The molecule has 2 heteroatoms. The Morgan fingerprint density at radius 1 is 1.17 bits per heavy atom. The third-order valence-electron chi connectivity index (χ3n) is 0.577. The Morgan fingerprint density at radius 2 is 1.50 bits per heavy atom. The normalized spacial score (nSPS) is 7.00. The van der Waals surface area contributed by atoms with Crippen LogP contribution in [-0.4, -0.2) is 7.28 Å². The average molecular weight is 75.9 g/mol. The molecule has 0 fully saturated rings. The van der Waals surface area contributed by atoms with E-state index in [1.807, 2.05) is 0 Å². The van der Waals surface area contributed by atoms with Crippen LogP contribution in [0.15, 0.2) is 0 Å². The predicted octanol–water partition coefficient (Wildman–Crippen LogP) is -1.43. The van der Waals surface area contributed by atoms with Gasteiger partial charge in [0, 0.05) is 0 Å². The van der Waals surface area contributed by atoms with Crippen LogP contribution in [0.25, 0.3) is 0 Å². The minimum absolute atomic E-state index is 0. The molecule has 0 saturated heterocycles. The summed E-state index contributed by atoms with van der Waals surface area (Å²) in [6.45, 7) is 4.31. The molecule has 0 aliphatic rings. The summed E-state index contributed by atoms with van der Waals surface area (Å²) in [6, 6.07) is 0. The van der Waals surface area contributed by atoms with Gasteiger partial charge in [0.05, 0.1) is 0 Å². The van der Waals surface area contributed by atoms with Gasteiger partial charge < -0.3 is 7.28 Å². The molecule has 0 N–H and O–H groups in total. The van der Waals surface area contributed by atoms with Gasteiger partial charge in [0.1, 0.15) is 0 Å². The number of hydrogen-bond donors (Lipinski definition) is 0. The van der Waals surface area contributed by atoms with Gasteiger partial charge in [0.15, 0.2) is 0 Å². The van der Waals surface area contributed by atoms with E-state index in [1.165, 1.54) is 12.6 Å². The summed E-state index contributed by atoms with van der Waals surface area (Å²) in [5, 5.41) is 0. The molecule has 0 aliphatic carbocycles. The van der Waals surface area contributed by atoms with Crippen LogP contribution in [0.3, 0.4) is 0 Å². The summed E-state index contributed by atoms with van der Waals surface area (Å²) in [5.41, 5.74) is 0. The molecule has 6 heavy (non-hydrogen) atoms. The molecule has 0 aromatic carbocycles. The first-order valence-corrected chi connectivity index (χ1v) is 2.23. The maximum atomic E-state index is 2.25. The zero-order valence-electron chi connectivity index (χ0n) is 4.99. The molecular formula is C4H10BLi. The molecule has 0 rings (SSSR count). The molecule has 0 saturated carbocycles. The smallest absolute Gasteiger partial charge is 0.337 e. The monoisotopic (exact) mass is 76.1 g/mol. The van der Waals surface area contributed by atoms with E-state index >= 15 is 0 Å². The van der Waals surface area contributed by atoms with Crippen molar-refractivity contribution in [3.8, 4) is 0 Å². The van der Waals surface area contributed by atoms with Gasteiger partial charge in [-0.2, -0.15) is 0 Å². The Morgan fingerprint density at radius 3 is 1.50 bits per heavy atom. The van der Waals surface area contributed by atoms with Crippen LogP contribution < -0.4 is 18.9 Å². The standard InChI is InChI=1S/C4H10B.Li/c1-3-5-4-2;/h3-4H2,1-2H3;/q-1;+1. The van der Waals surface area contributed by atoms with E-state index in [0.717, 1.165) is 0 Å². The summed E-state index contributed by atoms with van der Waals surface area (Å²) in [6.07, 6.45) is 2.44. The van der Waals surface area contributed by atoms with Crippen molar-refractivity contribution in [2.75, 3.05) is 0 Å². The van der Waals surface area contributed by atoms with Gasteiger partial charge >= 0.3 is 18.9 Å². The SMILES string of the molecule is CC[B-]CC.[Li+]. The molecule has 0 atom stereocenters. The fraction of sp³-hybridized carbons (Fsp3) is 1.00. The molecule has 30 valence electrons. The van der Waals surface area contributed by atoms with Crippen LogP contribution in [0.2, 0.25) is 12.6 Å². The maximum Gasteiger partial charge on any atom is 1.00 e. The fourth-order valence-electron chi connectivity index (χ4n) is 0.289. The zero-order valence-corrected chi connectivity index (χ0v) is 4.99. The molecular weight excluding hydrogens is 65.8 g/mol. The van der Waals surface area contributed by atoms with Crippen molar-refractivity contribution in [2.45, 2.75) is 26.5 Å². The van der Waals surface area contributed by atoms with Crippen LogP contribution in [0, 0.1) is 0 Å². The Labute approximate surface area is 53.1 Å². The first-order valence-electron chi connectivity index (χ1n) is 2.23. The minimum Gasteiger partial charge on any atom is -0.337 e. The van der Waals surface area contributed by atoms with E-state index in [9.17, 15) is 0 Å². The summed E-state index contributed by atoms with van der Waals surface area (Å²) < 4.78 is 0. The maximum absolute atomic E-state index is 2.25. The molecule has 0 nitrogen and oxygen atoms in total. The Balaban J connectivity index is 0. The summed E-state index contributed by atoms with van der Waals surface area (Å²) in [7, 11) is 2.25. The Bertz CT molecular complexity index is 15.0. The van der Waals surface area contributed by atoms with Crippen molar-refractivity contribution in [3.63, 3.8) is 0 Å². The van der Waals surface area contributed by atoms with Gasteiger partial charge in [0.25, 0.3) is 0 Å². The second-order valence-electron chi connectivity index (χ2n) is 1.11. The topological polar surface area (TPSA) is 0 Å². The van der Waals surface area contributed by atoms with Gasteiger partial charge in [-0.1, -0.05) is 0 Å². The molecule has 0 spiro atoms. The second kappa shape index (κ2) is 9.18. The molecule has 0 amide bonds. The van der Waals surface area contributed by atoms with E-state index < -0.39 is 0 Å². The largest absolute Gasteiger partial charge is 1.00 e. The van der Waals surface area contributed by atoms with E-state index in [4.69, 9.17) is 0 Å². The second-order valence-corrected chi connectivity index (χ2v) is 1.11. The average Bonchev–Trinajstić information content (AvgIpc) is 1.41. The van der Waals surface area contributed by atoms with Crippen molar-refractivity contribution in [2.24, 2.45) is 0 Å². The molecule has 0 unspecified atom stereocenters. The van der Waals surface area contributed by atoms with Gasteiger partial charge in [-0.3, -0.25) is 0 Å². The first kappa shape index (κ1) is 9.83. The number of rotatable bonds is 2. The molecule has 2 radical (unpaired) electrons. The quantitative estimate of drug-likeness (QED) is 0.354.